The number of carbonyl (C=O) groups is 1. The first kappa shape index (κ1) is 29.3. The molecule has 3 heterocycles. The van der Waals surface area contributed by atoms with Crippen molar-refractivity contribution in [2.75, 3.05) is 61.8 Å². The van der Waals surface area contributed by atoms with E-state index < -0.39 is 5.91 Å². The second-order valence-corrected chi connectivity index (χ2v) is 12.2. The molecule has 3 aromatic rings. The van der Waals surface area contributed by atoms with Crippen molar-refractivity contribution < 1.29 is 9.90 Å². The van der Waals surface area contributed by atoms with Gasteiger partial charge in [0.1, 0.15) is 5.69 Å². The van der Waals surface area contributed by atoms with Gasteiger partial charge in [-0.25, -0.2) is 9.97 Å². The summed E-state index contributed by atoms with van der Waals surface area (Å²) in [5, 5.41) is 16.9. The minimum Gasteiger partial charge on any atom is -0.393 e. The van der Waals surface area contributed by atoms with Crippen LogP contribution in [-0.4, -0.2) is 95.3 Å². The fourth-order valence-corrected chi connectivity index (χ4v) is 6.57. The Morgan fingerprint density at radius 1 is 0.837 bits per heavy atom. The number of nitrogens with one attached hydrogen (secondary N) is 2. The summed E-state index contributed by atoms with van der Waals surface area (Å²) in [6, 6.07) is 18.8. The van der Waals surface area contributed by atoms with Crippen molar-refractivity contribution in [2.45, 2.75) is 56.7 Å². The number of amides is 1. The van der Waals surface area contributed by atoms with E-state index in [1.807, 2.05) is 42.5 Å². The summed E-state index contributed by atoms with van der Waals surface area (Å²) in [6.45, 7) is 6.77. The van der Waals surface area contributed by atoms with Crippen molar-refractivity contribution in [1.29, 1.82) is 0 Å². The van der Waals surface area contributed by atoms with Gasteiger partial charge in [-0.2, -0.15) is 0 Å². The molecular formula is C33H44N8O2. The lowest BCUT2D eigenvalue weighted by molar-refractivity contribution is 0.0982. The highest BCUT2D eigenvalue weighted by atomic mass is 16.3. The normalized spacial score (nSPS) is 22.3. The van der Waals surface area contributed by atoms with E-state index in [0.717, 1.165) is 63.1 Å². The largest absolute Gasteiger partial charge is 0.393 e. The Labute approximate surface area is 254 Å². The number of hydrogen-bond acceptors (Lipinski definition) is 9. The Morgan fingerprint density at radius 3 is 2.16 bits per heavy atom. The predicted octanol–water partition coefficient (Wildman–Crippen LogP) is 3.92. The van der Waals surface area contributed by atoms with Crippen LogP contribution >= 0.6 is 0 Å². The predicted molar refractivity (Wildman–Crippen MR) is 172 cm³/mol. The summed E-state index contributed by atoms with van der Waals surface area (Å²) < 4.78 is 0. The lowest BCUT2D eigenvalue weighted by Crippen LogP contribution is -2.52. The molecule has 1 aliphatic carbocycles. The molecule has 0 atom stereocenters. The van der Waals surface area contributed by atoms with Crippen molar-refractivity contribution in [1.82, 2.24) is 19.8 Å². The number of aliphatic hydroxyl groups excluding tert-OH is 1. The van der Waals surface area contributed by atoms with Crippen molar-refractivity contribution >= 4 is 28.9 Å². The topological polar surface area (TPSA) is 123 Å². The molecule has 0 unspecified atom stereocenters. The van der Waals surface area contributed by atoms with Gasteiger partial charge in [-0.05, 0) is 69.8 Å². The van der Waals surface area contributed by atoms with Crippen LogP contribution in [0.5, 0.6) is 0 Å². The van der Waals surface area contributed by atoms with E-state index in [-0.39, 0.29) is 17.8 Å². The number of likely N-dealkylation sites (N-methyl/N-ethyl adjacent to an activating group) is 1. The Morgan fingerprint density at radius 2 is 1.51 bits per heavy atom. The average Bonchev–Trinajstić information content (AvgIpc) is 3.03. The monoisotopic (exact) mass is 584 g/mol. The van der Waals surface area contributed by atoms with E-state index >= 15 is 0 Å². The number of piperazine rings is 1. The number of nitrogens with two attached hydrogens (primary N) is 1. The van der Waals surface area contributed by atoms with E-state index in [1.54, 1.807) is 0 Å². The minimum atomic E-state index is -0.639. The molecular weight excluding hydrogens is 540 g/mol. The summed E-state index contributed by atoms with van der Waals surface area (Å²) in [6.07, 6.45) is 5.29. The Kier molecular flexibility index (Phi) is 9.06. The molecule has 6 rings (SSSR count). The van der Waals surface area contributed by atoms with E-state index in [9.17, 15) is 9.90 Å². The van der Waals surface area contributed by atoms with Gasteiger partial charge < -0.3 is 31.3 Å². The fraction of sp³-hybridized carbons (Fsp3) is 0.485. The van der Waals surface area contributed by atoms with Gasteiger partial charge in [-0.15, -0.1) is 0 Å². The Balaban J connectivity index is 1.18. The molecule has 0 bridgehead atoms. The first-order valence-electron chi connectivity index (χ1n) is 15.7. The first-order valence-corrected chi connectivity index (χ1v) is 15.7. The van der Waals surface area contributed by atoms with Gasteiger partial charge in [-0.3, -0.25) is 9.69 Å². The van der Waals surface area contributed by atoms with Crippen LogP contribution in [0.2, 0.25) is 0 Å². The number of hydrogen-bond donors (Lipinski definition) is 4. The maximum absolute atomic E-state index is 12.6. The third-order valence-electron chi connectivity index (χ3n) is 9.23. The second-order valence-electron chi connectivity index (χ2n) is 12.2. The van der Waals surface area contributed by atoms with E-state index in [1.165, 1.54) is 31.6 Å². The quantitative estimate of drug-likeness (QED) is 0.312. The van der Waals surface area contributed by atoms with E-state index in [4.69, 9.17) is 15.7 Å². The summed E-state index contributed by atoms with van der Waals surface area (Å²) in [5.74, 6) is 0.283. The fourth-order valence-electron chi connectivity index (χ4n) is 6.57. The average molecular weight is 585 g/mol. The van der Waals surface area contributed by atoms with Crippen LogP contribution in [0.4, 0.5) is 23.0 Å². The molecule has 10 nitrogen and oxygen atoms in total. The van der Waals surface area contributed by atoms with Gasteiger partial charge in [0.25, 0.3) is 5.91 Å². The minimum absolute atomic E-state index is 0.0959. The third-order valence-corrected chi connectivity index (χ3v) is 9.23. The first-order chi connectivity index (χ1) is 20.9. The maximum atomic E-state index is 12.6. The summed E-state index contributed by atoms with van der Waals surface area (Å²) in [4.78, 5) is 29.7. The molecule has 0 radical (unpaired) electrons. The number of aromatic nitrogens is 2. The summed E-state index contributed by atoms with van der Waals surface area (Å²) in [5.41, 5.74) is 9.36. The standard InChI is InChI=1S/C33H44N8O2/c1-39-19-21-41(22-20-39)27-15-17-40(18-16-27)26-11-7-24(8-12-26)36-33-30(31(34)43)37-29(23-5-3-2-4-6-23)32(38-33)35-25-9-13-28(42)14-10-25/h2-8,11-12,25,27-28,42H,9-10,13-22H2,1H3,(H2,34,43)(H2,35,36,38)/t25-,28-. The van der Waals surface area contributed by atoms with Gasteiger partial charge in [0, 0.05) is 68.3 Å². The zero-order valence-corrected chi connectivity index (χ0v) is 25.1. The number of carbonyl (C=O) groups excluding carboxylic acids is 1. The highest BCUT2D eigenvalue weighted by Crippen LogP contribution is 2.32. The third kappa shape index (κ3) is 7.09. The molecule has 5 N–H and O–H groups in total. The number of rotatable bonds is 8. The van der Waals surface area contributed by atoms with Crippen molar-refractivity contribution in [2.24, 2.45) is 5.73 Å². The lowest BCUT2D eigenvalue weighted by atomic mass is 9.93. The molecule has 0 spiro atoms. The molecule has 2 saturated heterocycles. The zero-order chi connectivity index (χ0) is 29.8. The molecule has 228 valence electrons. The number of benzene rings is 2. The summed E-state index contributed by atoms with van der Waals surface area (Å²) >= 11 is 0. The van der Waals surface area contributed by atoms with Crippen molar-refractivity contribution in [3.05, 3.63) is 60.3 Å². The van der Waals surface area contributed by atoms with Crippen LogP contribution in [-0.2, 0) is 0 Å². The SMILES string of the molecule is CN1CCN(C2CCN(c3ccc(Nc4nc(N[C@H]5CC[C@H](O)CC5)c(-c5ccccc5)nc4C(N)=O)cc3)CC2)CC1. The van der Waals surface area contributed by atoms with Gasteiger partial charge in [0.2, 0.25) is 0 Å². The number of primary amides is 1. The van der Waals surface area contributed by atoms with Gasteiger partial charge in [0.15, 0.2) is 17.3 Å². The highest BCUT2D eigenvalue weighted by molar-refractivity contribution is 5.97. The molecule has 3 fully saturated rings. The number of piperidine rings is 1. The Bertz CT molecular complexity index is 1360. The van der Waals surface area contributed by atoms with Crippen LogP contribution < -0.4 is 21.3 Å². The molecule has 43 heavy (non-hydrogen) atoms. The number of anilines is 4. The van der Waals surface area contributed by atoms with Crippen molar-refractivity contribution in [3.8, 4) is 11.3 Å². The zero-order valence-electron chi connectivity index (χ0n) is 25.1. The molecule has 1 aromatic heterocycles. The van der Waals surface area contributed by atoms with Gasteiger partial charge in [0.05, 0.1) is 6.10 Å². The van der Waals surface area contributed by atoms with Crippen LogP contribution in [0.15, 0.2) is 54.6 Å². The molecule has 10 heteroatoms. The Hall–Kier alpha value is -3.73. The van der Waals surface area contributed by atoms with E-state index in [0.29, 0.717) is 23.4 Å². The van der Waals surface area contributed by atoms with Gasteiger partial charge in [-0.1, -0.05) is 30.3 Å². The second kappa shape index (κ2) is 13.3. The number of nitrogens with zero attached hydrogens (tertiary/aromatic N) is 5. The molecule has 1 saturated carbocycles. The maximum Gasteiger partial charge on any atom is 0.271 e. The molecule has 1 amide bonds. The van der Waals surface area contributed by atoms with Gasteiger partial charge >= 0.3 is 0 Å². The highest BCUT2D eigenvalue weighted by Gasteiger charge is 2.27. The smallest absolute Gasteiger partial charge is 0.271 e. The molecule has 2 aliphatic heterocycles. The lowest BCUT2D eigenvalue weighted by Gasteiger charge is -2.42. The van der Waals surface area contributed by atoms with Crippen LogP contribution in [0.3, 0.4) is 0 Å². The molecule has 3 aliphatic rings. The molecule has 2 aromatic carbocycles. The number of aliphatic hydroxyl groups is 1. The van der Waals surface area contributed by atoms with Crippen LogP contribution in [0.1, 0.15) is 49.0 Å². The summed E-state index contributed by atoms with van der Waals surface area (Å²) in [7, 11) is 2.21. The van der Waals surface area contributed by atoms with E-state index in [2.05, 4.69) is 44.5 Å². The van der Waals surface area contributed by atoms with Crippen molar-refractivity contribution in [3.63, 3.8) is 0 Å². The van der Waals surface area contributed by atoms with Crippen LogP contribution in [0.25, 0.3) is 11.3 Å². The van der Waals surface area contributed by atoms with Crippen LogP contribution in [0, 0.1) is 0 Å².